The lowest BCUT2D eigenvalue weighted by atomic mass is 10.1. The minimum Gasteiger partial charge on any atom is -0.331 e. The van der Waals surface area contributed by atoms with Gasteiger partial charge in [-0.25, -0.2) is 4.98 Å². The van der Waals surface area contributed by atoms with Crippen molar-refractivity contribution in [1.29, 1.82) is 0 Å². The van der Waals surface area contributed by atoms with Gasteiger partial charge in [0, 0.05) is 31.0 Å². The Hall–Kier alpha value is -1.32. The van der Waals surface area contributed by atoms with Gasteiger partial charge in [-0.2, -0.15) is 0 Å². The molecule has 102 valence electrons. The summed E-state index contributed by atoms with van der Waals surface area (Å²) in [5.74, 6) is 0.931. The van der Waals surface area contributed by atoms with Crippen LogP contribution in [0.15, 0.2) is 30.6 Å². The highest BCUT2D eigenvalue weighted by Crippen LogP contribution is 2.27. The molecule has 0 aliphatic heterocycles. The van der Waals surface area contributed by atoms with Gasteiger partial charge in [-0.1, -0.05) is 24.6 Å². The Kier molecular flexibility index (Phi) is 5.00. The summed E-state index contributed by atoms with van der Waals surface area (Å²) in [6, 6.07) is 6.19. The molecule has 1 aromatic heterocycles. The fourth-order valence-electron chi connectivity index (χ4n) is 2.07. The number of nitrogens with zero attached hydrogens (tertiary/aromatic N) is 2. The topological polar surface area (TPSA) is 29.9 Å². The van der Waals surface area contributed by atoms with Crippen LogP contribution in [0.1, 0.15) is 25.8 Å². The van der Waals surface area contributed by atoms with Gasteiger partial charge in [-0.05, 0) is 37.6 Å². The summed E-state index contributed by atoms with van der Waals surface area (Å²) >= 11 is 6.38. The molecule has 0 unspecified atom stereocenters. The molecule has 0 spiro atoms. The second kappa shape index (κ2) is 6.73. The molecule has 1 heterocycles. The zero-order chi connectivity index (χ0) is 13.7. The van der Waals surface area contributed by atoms with Crippen LogP contribution in [0.5, 0.6) is 0 Å². The number of hydrogen-bond acceptors (Lipinski definition) is 2. The van der Waals surface area contributed by atoms with Crippen molar-refractivity contribution < 1.29 is 0 Å². The average molecular weight is 278 g/mol. The number of rotatable bonds is 6. The number of aryl methyl sites for hydroxylation is 1. The molecule has 0 saturated heterocycles. The molecule has 4 heteroatoms. The predicted octanol–water partition coefficient (Wildman–Crippen LogP) is 3.72. The molecule has 0 radical (unpaired) electrons. The van der Waals surface area contributed by atoms with E-state index in [1.54, 1.807) is 0 Å². The number of hydrogen-bond donors (Lipinski definition) is 1. The minimum absolute atomic E-state index is 0.761. The zero-order valence-electron chi connectivity index (χ0n) is 11.5. The Morgan fingerprint density at radius 1 is 1.32 bits per heavy atom. The molecule has 0 atom stereocenters. The molecular formula is C15H20ClN3. The largest absolute Gasteiger partial charge is 0.331 e. The maximum absolute atomic E-state index is 6.38. The molecule has 0 aliphatic rings. The number of halogens is 1. The van der Waals surface area contributed by atoms with E-state index < -0.39 is 0 Å². The van der Waals surface area contributed by atoms with Crippen LogP contribution in [0.25, 0.3) is 11.4 Å². The second-order valence-electron chi connectivity index (χ2n) is 4.53. The number of aromatic nitrogens is 2. The van der Waals surface area contributed by atoms with Crippen molar-refractivity contribution in [3.8, 4) is 11.4 Å². The van der Waals surface area contributed by atoms with Gasteiger partial charge < -0.3 is 9.88 Å². The van der Waals surface area contributed by atoms with Gasteiger partial charge in [0.15, 0.2) is 0 Å². The Morgan fingerprint density at radius 3 is 2.84 bits per heavy atom. The van der Waals surface area contributed by atoms with Crippen LogP contribution in [0.4, 0.5) is 0 Å². The van der Waals surface area contributed by atoms with E-state index in [-0.39, 0.29) is 0 Å². The highest BCUT2D eigenvalue weighted by molar-refractivity contribution is 6.33. The first-order chi connectivity index (χ1) is 9.26. The van der Waals surface area contributed by atoms with Crippen molar-refractivity contribution in [1.82, 2.24) is 14.9 Å². The Morgan fingerprint density at radius 2 is 2.16 bits per heavy atom. The summed E-state index contributed by atoms with van der Waals surface area (Å²) < 4.78 is 2.09. The van der Waals surface area contributed by atoms with Crippen molar-refractivity contribution in [3.05, 3.63) is 41.2 Å². The fraction of sp³-hybridized carbons (Fsp3) is 0.400. The second-order valence-corrected chi connectivity index (χ2v) is 4.94. The van der Waals surface area contributed by atoms with Crippen LogP contribution in [0.3, 0.4) is 0 Å². The fourth-order valence-corrected chi connectivity index (χ4v) is 2.36. The van der Waals surface area contributed by atoms with Gasteiger partial charge in [0.2, 0.25) is 0 Å². The quantitative estimate of drug-likeness (QED) is 0.816. The van der Waals surface area contributed by atoms with E-state index in [0.29, 0.717) is 0 Å². The van der Waals surface area contributed by atoms with Gasteiger partial charge in [0.05, 0.1) is 5.02 Å². The molecular weight excluding hydrogens is 258 g/mol. The van der Waals surface area contributed by atoms with Crippen LogP contribution >= 0.6 is 11.6 Å². The first-order valence-corrected chi connectivity index (χ1v) is 7.14. The molecule has 2 rings (SSSR count). The smallest absolute Gasteiger partial charge is 0.141 e. The first-order valence-electron chi connectivity index (χ1n) is 6.77. The Balaban J connectivity index is 2.19. The van der Waals surface area contributed by atoms with E-state index in [1.807, 2.05) is 18.5 Å². The van der Waals surface area contributed by atoms with Gasteiger partial charge in [-0.3, -0.25) is 0 Å². The highest BCUT2D eigenvalue weighted by atomic mass is 35.5. The van der Waals surface area contributed by atoms with Crippen molar-refractivity contribution in [2.24, 2.45) is 0 Å². The maximum Gasteiger partial charge on any atom is 0.141 e. The standard InChI is InChI=1S/C15H20ClN3/c1-3-7-17-11-12-5-6-13(14(16)10-12)15-18-8-9-19(15)4-2/h5-6,8-10,17H,3-4,7,11H2,1-2H3. The number of benzene rings is 1. The van der Waals surface area contributed by atoms with Crippen LogP contribution in [-0.2, 0) is 13.1 Å². The summed E-state index contributed by atoms with van der Waals surface area (Å²) in [7, 11) is 0. The van der Waals surface area contributed by atoms with Gasteiger partial charge in [-0.15, -0.1) is 0 Å². The van der Waals surface area contributed by atoms with Gasteiger partial charge in [0.1, 0.15) is 5.82 Å². The van der Waals surface area contributed by atoms with Gasteiger partial charge in [0.25, 0.3) is 0 Å². The van der Waals surface area contributed by atoms with Crippen molar-refractivity contribution in [2.75, 3.05) is 6.54 Å². The number of imidazole rings is 1. The van der Waals surface area contributed by atoms with Crippen molar-refractivity contribution >= 4 is 11.6 Å². The molecule has 1 aromatic carbocycles. The Labute approximate surface area is 119 Å². The van der Waals surface area contributed by atoms with E-state index in [1.165, 1.54) is 5.56 Å². The third kappa shape index (κ3) is 3.37. The molecule has 0 fully saturated rings. The van der Waals surface area contributed by atoms with E-state index >= 15 is 0 Å². The summed E-state index contributed by atoms with van der Waals surface area (Å²) in [5, 5.41) is 4.14. The maximum atomic E-state index is 6.38. The number of nitrogens with one attached hydrogen (secondary N) is 1. The van der Waals surface area contributed by atoms with Crippen LogP contribution < -0.4 is 5.32 Å². The van der Waals surface area contributed by atoms with E-state index in [0.717, 1.165) is 42.5 Å². The highest BCUT2D eigenvalue weighted by Gasteiger charge is 2.09. The van der Waals surface area contributed by atoms with E-state index in [9.17, 15) is 0 Å². The third-order valence-electron chi connectivity index (χ3n) is 3.09. The third-order valence-corrected chi connectivity index (χ3v) is 3.40. The summed E-state index contributed by atoms with van der Waals surface area (Å²) in [4.78, 5) is 4.39. The zero-order valence-corrected chi connectivity index (χ0v) is 12.2. The molecule has 0 saturated carbocycles. The normalized spacial score (nSPS) is 10.9. The minimum atomic E-state index is 0.761. The SMILES string of the molecule is CCCNCc1ccc(-c2nccn2CC)c(Cl)c1. The summed E-state index contributed by atoms with van der Waals surface area (Å²) in [5.41, 5.74) is 2.20. The van der Waals surface area contributed by atoms with Crippen molar-refractivity contribution in [2.45, 2.75) is 33.4 Å². The van der Waals surface area contributed by atoms with Gasteiger partial charge >= 0.3 is 0 Å². The Bertz CT molecular complexity index is 534. The molecule has 0 bridgehead atoms. The summed E-state index contributed by atoms with van der Waals surface area (Å²) in [6.45, 7) is 7.04. The lowest BCUT2D eigenvalue weighted by molar-refractivity contribution is 0.675. The molecule has 0 aliphatic carbocycles. The molecule has 3 nitrogen and oxygen atoms in total. The molecule has 0 amide bonds. The molecule has 19 heavy (non-hydrogen) atoms. The van der Waals surface area contributed by atoms with E-state index in [2.05, 4.69) is 40.8 Å². The van der Waals surface area contributed by atoms with Crippen LogP contribution in [0.2, 0.25) is 5.02 Å². The summed E-state index contributed by atoms with van der Waals surface area (Å²) in [6.07, 6.45) is 4.92. The lowest BCUT2D eigenvalue weighted by Gasteiger charge is -2.09. The molecule has 1 N–H and O–H groups in total. The first kappa shape index (κ1) is 14.1. The average Bonchev–Trinajstić information content (AvgIpc) is 2.87. The van der Waals surface area contributed by atoms with Crippen molar-refractivity contribution in [3.63, 3.8) is 0 Å². The van der Waals surface area contributed by atoms with Crippen LogP contribution in [-0.4, -0.2) is 16.1 Å². The molecule has 2 aromatic rings. The lowest BCUT2D eigenvalue weighted by Crippen LogP contribution is -2.13. The van der Waals surface area contributed by atoms with E-state index in [4.69, 9.17) is 11.6 Å². The monoisotopic (exact) mass is 277 g/mol. The predicted molar refractivity (Wildman–Crippen MR) is 80.3 cm³/mol. The van der Waals surface area contributed by atoms with Crippen LogP contribution in [0, 0.1) is 0 Å².